The molecule has 1 heterocycles. The lowest BCUT2D eigenvalue weighted by Gasteiger charge is -2.40. The number of amides is 1. The zero-order valence-electron chi connectivity index (χ0n) is 14.5. The fraction of sp³-hybridized carbons (Fsp3) is 0.550. The van der Waals surface area contributed by atoms with Crippen molar-refractivity contribution < 1.29 is 4.79 Å². The van der Waals surface area contributed by atoms with E-state index in [2.05, 4.69) is 37.1 Å². The van der Waals surface area contributed by atoms with E-state index in [1.807, 2.05) is 24.4 Å². The van der Waals surface area contributed by atoms with E-state index in [4.69, 9.17) is 0 Å². The minimum Gasteiger partial charge on any atom is -0.361 e. The number of H-pyrrole nitrogens is 1. The Kier molecular flexibility index (Phi) is 4.47. The molecule has 23 heavy (non-hydrogen) atoms. The van der Waals surface area contributed by atoms with Crippen LogP contribution in [0, 0.1) is 11.3 Å². The number of hydrogen-bond donors (Lipinski definition) is 2. The Morgan fingerprint density at radius 1 is 1.22 bits per heavy atom. The summed E-state index contributed by atoms with van der Waals surface area (Å²) in [5.74, 6) is 0.721. The van der Waals surface area contributed by atoms with Crippen LogP contribution in [0.25, 0.3) is 10.9 Å². The summed E-state index contributed by atoms with van der Waals surface area (Å²) in [6, 6.07) is 8.48. The number of rotatable bonds is 3. The Morgan fingerprint density at radius 3 is 2.74 bits per heavy atom. The van der Waals surface area contributed by atoms with Crippen molar-refractivity contribution in [3.8, 4) is 0 Å². The molecule has 1 saturated carbocycles. The van der Waals surface area contributed by atoms with Crippen molar-refractivity contribution in [3.05, 3.63) is 36.0 Å². The SMILES string of the molecule is CC(C)(C)C1CCCCC1NC(=O)Cc1c[nH]c2ccccc12. The lowest BCUT2D eigenvalue weighted by Crippen LogP contribution is -2.47. The van der Waals surface area contributed by atoms with Crippen LogP contribution in [-0.4, -0.2) is 16.9 Å². The van der Waals surface area contributed by atoms with Gasteiger partial charge < -0.3 is 10.3 Å². The number of benzene rings is 1. The van der Waals surface area contributed by atoms with Crippen LogP contribution in [-0.2, 0) is 11.2 Å². The number of para-hydroxylation sites is 1. The molecule has 1 aromatic heterocycles. The van der Waals surface area contributed by atoms with Gasteiger partial charge in [-0.15, -0.1) is 0 Å². The van der Waals surface area contributed by atoms with Gasteiger partial charge in [-0.3, -0.25) is 4.79 Å². The van der Waals surface area contributed by atoms with E-state index in [1.165, 1.54) is 19.3 Å². The molecule has 1 aliphatic rings. The summed E-state index contributed by atoms with van der Waals surface area (Å²) in [7, 11) is 0. The molecule has 1 amide bonds. The van der Waals surface area contributed by atoms with E-state index in [-0.39, 0.29) is 11.3 Å². The summed E-state index contributed by atoms with van der Waals surface area (Å²) in [6.45, 7) is 6.88. The van der Waals surface area contributed by atoms with Crippen molar-refractivity contribution in [3.63, 3.8) is 0 Å². The average Bonchev–Trinajstić information content (AvgIpc) is 2.90. The summed E-state index contributed by atoms with van der Waals surface area (Å²) in [5.41, 5.74) is 2.43. The van der Waals surface area contributed by atoms with Gasteiger partial charge in [-0.25, -0.2) is 0 Å². The van der Waals surface area contributed by atoms with Crippen molar-refractivity contribution in [2.24, 2.45) is 11.3 Å². The van der Waals surface area contributed by atoms with E-state index < -0.39 is 0 Å². The van der Waals surface area contributed by atoms with Crippen molar-refractivity contribution in [2.75, 3.05) is 0 Å². The third kappa shape index (κ3) is 3.60. The van der Waals surface area contributed by atoms with Crippen molar-refractivity contribution in [2.45, 2.75) is 58.9 Å². The number of carbonyl (C=O) groups excluding carboxylic acids is 1. The maximum Gasteiger partial charge on any atom is 0.224 e. The maximum atomic E-state index is 12.6. The second-order valence-electron chi connectivity index (χ2n) is 7.97. The van der Waals surface area contributed by atoms with Gasteiger partial charge in [0.1, 0.15) is 0 Å². The zero-order valence-corrected chi connectivity index (χ0v) is 14.5. The first-order chi connectivity index (χ1) is 10.9. The van der Waals surface area contributed by atoms with Crippen LogP contribution in [0.3, 0.4) is 0 Å². The minimum absolute atomic E-state index is 0.149. The molecule has 0 saturated heterocycles. The molecule has 3 rings (SSSR count). The molecule has 2 aromatic rings. The number of carbonyl (C=O) groups is 1. The van der Waals surface area contributed by atoms with Crippen LogP contribution in [0.5, 0.6) is 0 Å². The molecule has 0 spiro atoms. The molecule has 1 aliphatic carbocycles. The molecule has 0 bridgehead atoms. The van der Waals surface area contributed by atoms with Gasteiger partial charge in [0.15, 0.2) is 0 Å². The summed E-state index contributed by atoms with van der Waals surface area (Å²) in [6.07, 6.45) is 7.27. The smallest absolute Gasteiger partial charge is 0.224 e. The van der Waals surface area contributed by atoms with Crippen LogP contribution in [0.15, 0.2) is 30.5 Å². The van der Waals surface area contributed by atoms with Crippen LogP contribution in [0.1, 0.15) is 52.0 Å². The number of fused-ring (bicyclic) bond motifs is 1. The Balaban J connectivity index is 1.69. The lowest BCUT2D eigenvalue weighted by atomic mass is 9.69. The fourth-order valence-electron chi connectivity index (χ4n) is 4.05. The predicted molar refractivity (Wildman–Crippen MR) is 95.3 cm³/mol. The normalized spacial score (nSPS) is 22.2. The van der Waals surface area contributed by atoms with Gasteiger partial charge in [0.05, 0.1) is 6.42 Å². The topological polar surface area (TPSA) is 44.9 Å². The standard InChI is InChI=1S/C20H28N2O/c1-20(2,3)16-9-5-7-11-18(16)22-19(23)12-14-13-21-17-10-6-4-8-15(14)17/h4,6,8,10,13,16,18,21H,5,7,9,11-12H2,1-3H3,(H,22,23). The first-order valence-electron chi connectivity index (χ1n) is 8.79. The molecule has 0 radical (unpaired) electrons. The van der Waals surface area contributed by atoms with Crippen molar-refractivity contribution in [1.82, 2.24) is 10.3 Å². The molecule has 2 unspecified atom stereocenters. The van der Waals surface area contributed by atoms with E-state index in [0.29, 0.717) is 18.4 Å². The van der Waals surface area contributed by atoms with E-state index >= 15 is 0 Å². The first-order valence-corrected chi connectivity index (χ1v) is 8.79. The quantitative estimate of drug-likeness (QED) is 0.865. The Morgan fingerprint density at radius 2 is 1.96 bits per heavy atom. The van der Waals surface area contributed by atoms with Crippen LogP contribution in [0.4, 0.5) is 0 Å². The molecule has 0 aliphatic heterocycles. The fourth-order valence-corrected chi connectivity index (χ4v) is 4.05. The average molecular weight is 312 g/mol. The van der Waals surface area contributed by atoms with Gasteiger partial charge in [-0.2, -0.15) is 0 Å². The van der Waals surface area contributed by atoms with Crippen LogP contribution < -0.4 is 5.32 Å². The van der Waals surface area contributed by atoms with Gasteiger partial charge in [0.2, 0.25) is 5.91 Å². The van der Waals surface area contributed by atoms with Crippen molar-refractivity contribution >= 4 is 16.8 Å². The highest BCUT2D eigenvalue weighted by Gasteiger charge is 2.34. The van der Waals surface area contributed by atoms with Crippen molar-refractivity contribution in [1.29, 1.82) is 0 Å². The van der Waals surface area contributed by atoms with Crippen LogP contribution in [0.2, 0.25) is 0 Å². The predicted octanol–water partition coefficient (Wildman–Crippen LogP) is 4.43. The minimum atomic E-state index is 0.149. The molecule has 3 nitrogen and oxygen atoms in total. The number of aromatic amines is 1. The van der Waals surface area contributed by atoms with Crippen LogP contribution >= 0.6 is 0 Å². The zero-order chi connectivity index (χ0) is 16.4. The number of hydrogen-bond acceptors (Lipinski definition) is 1. The summed E-state index contributed by atoms with van der Waals surface area (Å²) in [4.78, 5) is 15.8. The molecule has 124 valence electrons. The third-order valence-electron chi connectivity index (χ3n) is 5.25. The Labute approximate surface area is 138 Å². The molecule has 3 heteroatoms. The molecular weight excluding hydrogens is 284 g/mol. The first kappa shape index (κ1) is 16.1. The Hall–Kier alpha value is -1.77. The highest BCUT2D eigenvalue weighted by molar-refractivity contribution is 5.88. The second kappa shape index (κ2) is 6.38. The molecular formula is C20H28N2O. The molecule has 1 fully saturated rings. The van der Waals surface area contributed by atoms with E-state index in [9.17, 15) is 4.79 Å². The molecule has 2 atom stereocenters. The van der Waals surface area contributed by atoms with Gasteiger partial charge >= 0.3 is 0 Å². The summed E-state index contributed by atoms with van der Waals surface area (Å²) in [5, 5.41) is 4.48. The van der Waals surface area contributed by atoms with Gasteiger partial charge in [0, 0.05) is 23.1 Å². The van der Waals surface area contributed by atoms with Gasteiger partial charge in [-0.1, -0.05) is 51.8 Å². The summed E-state index contributed by atoms with van der Waals surface area (Å²) >= 11 is 0. The van der Waals surface area contributed by atoms with Gasteiger partial charge in [-0.05, 0) is 35.8 Å². The number of nitrogens with one attached hydrogen (secondary N) is 2. The highest BCUT2D eigenvalue weighted by Crippen LogP contribution is 2.38. The van der Waals surface area contributed by atoms with E-state index in [1.54, 1.807) is 0 Å². The lowest BCUT2D eigenvalue weighted by molar-refractivity contribution is -0.122. The largest absolute Gasteiger partial charge is 0.361 e. The molecule has 1 aromatic carbocycles. The van der Waals surface area contributed by atoms with E-state index in [0.717, 1.165) is 22.9 Å². The molecule has 2 N–H and O–H groups in total. The second-order valence-corrected chi connectivity index (χ2v) is 7.97. The third-order valence-corrected chi connectivity index (χ3v) is 5.25. The maximum absolute atomic E-state index is 12.6. The van der Waals surface area contributed by atoms with Gasteiger partial charge in [0.25, 0.3) is 0 Å². The highest BCUT2D eigenvalue weighted by atomic mass is 16.1. The monoisotopic (exact) mass is 312 g/mol. The number of aromatic nitrogens is 1. The Bertz CT molecular complexity index is 680. The summed E-state index contributed by atoms with van der Waals surface area (Å²) < 4.78 is 0.